The Bertz CT molecular complexity index is 931. The number of hydrogen-bond acceptors (Lipinski definition) is 6. The summed E-state index contributed by atoms with van der Waals surface area (Å²) in [5.74, 6) is 1.31. The van der Waals surface area contributed by atoms with Gasteiger partial charge in [-0.3, -0.25) is 14.6 Å². The lowest BCUT2D eigenvalue weighted by atomic mass is 10.0. The van der Waals surface area contributed by atoms with Gasteiger partial charge in [-0.1, -0.05) is 24.6 Å². The van der Waals surface area contributed by atoms with Gasteiger partial charge >= 0.3 is 0 Å². The number of aromatic nitrogens is 2. The fourth-order valence-corrected chi connectivity index (χ4v) is 5.02. The Morgan fingerprint density at radius 3 is 2.44 bits per heavy atom. The molecule has 1 saturated carbocycles. The Hall–Kier alpha value is -2.35. The number of phenolic OH excluding ortho intramolecular Hbond substituents is 1. The van der Waals surface area contributed by atoms with Gasteiger partial charge in [0.2, 0.25) is 5.75 Å². The average Bonchev–Trinajstić information content (AvgIpc) is 3.29. The van der Waals surface area contributed by atoms with Gasteiger partial charge < -0.3 is 14.6 Å². The van der Waals surface area contributed by atoms with Gasteiger partial charge in [0.25, 0.3) is 5.56 Å². The third kappa shape index (κ3) is 3.01. The number of rotatable bonds is 4. The van der Waals surface area contributed by atoms with Crippen LogP contribution in [0.15, 0.2) is 21.9 Å². The van der Waals surface area contributed by atoms with Crippen molar-refractivity contribution in [1.82, 2.24) is 9.78 Å². The van der Waals surface area contributed by atoms with Gasteiger partial charge in [0.15, 0.2) is 17.3 Å². The summed E-state index contributed by atoms with van der Waals surface area (Å²) in [6.45, 7) is 1.95. The molecule has 27 heavy (non-hydrogen) atoms. The number of fused-ring (bicyclic) bond motifs is 1. The molecule has 1 atom stereocenters. The minimum atomic E-state index is -0.243. The van der Waals surface area contributed by atoms with Gasteiger partial charge in [0, 0.05) is 0 Å². The number of phenols is 1. The minimum Gasteiger partial charge on any atom is -0.502 e. The minimum absolute atomic E-state index is 0.0485. The van der Waals surface area contributed by atoms with E-state index in [1.54, 1.807) is 12.1 Å². The number of hydrogen-bond donors (Lipinski definition) is 2. The van der Waals surface area contributed by atoms with Gasteiger partial charge in [-0.2, -0.15) is 0 Å². The normalized spacial score (nSPS) is 19.7. The van der Waals surface area contributed by atoms with Crippen molar-refractivity contribution >= 4 is 22.6 Å². The van der Waals surface area contributed by atoms with Gasteiger partial charge in [0.1, 0.15) is 0 Å². The molecular formula is C19H23N3O4S. The van der Waals surface area contributed by atoms with Gasteiger partial charge in [-0.05, 0) is 37.5 Å². The first-order valence-electron chi connectivity index (χ1n) is 9.04. The van der Waals surface area contributed by atoms with Crippen molar-refractivity contribution in [3.05, 3.63) is 33.6 Å². The van der Waals surface area contributed by atoms with Crippen LogP contribution in [0.3, 0.4) is 0 Å². The van der Waals surface area contributed by atoms with Crippen molar-refractivity contribution in [3.8, 4) is 17.2 Å². The lowest BCUT2D eigenvalue weighted by molar-refractivity contribution is 0.339. The van der Waals surface area contributed by atoms with Gasteiger partial charge in [-0.15, -0.1) is 0 Å². The molecule has 1 aromatic carbocycles. The van der Waals surface area contributed by atoms with Crippen molar-refractivity contribution in [1.29, 1.82) is 0 Å². The van der Waals surface area contributed by atoms with Crippen molar-refractivity contribution in [2.24, 2.45) is 4.99 Å². The standard InChI is InChI=1S/C19H23N3O4S/c1-10-20-18-15(19(24)21-22(18)12-6-4-5-7-12)17(27-10)11-8-13(25-2)16(23)14(9-11)26-3/h8-9,12,17,23H,4-7H2,1-3H3,(H,21,24)/t17-/m0/s1. The van der Waals surface area contributed by atoms with E-state index in [-0.39, 0.29) is 16.6 Å². The van der Waals surface area contributed by atoms with Crippen molar-refractivity contribution in [2.45, 2.75) is 43.9 Å². The molecule has 1 aliphatic heterocycles. The maximum Gasteiger partial charge on any atom is 0.271 e. The van der Waals surface area contributed by atoms with E-state index < -0.39 is 0 Å². The molecule has 7 nitrogen and oxygen atoms in total. The number of aromatic amines is 1. The third-order valence-electron chi connectivity index (χ3n) is 5.24. The number of aliphatic imine (C=N–C) groups is 1. The number of aromatic hydroxyl groups is 1. The highest BCUT2D eigenvalue weighted by atomic mass is 32.2. The quantitative estimate of drug-likeness (QED) is 0.828. The lowest BCUT2D eigenvalue weighted by Crippen LogP contribution is -2.13. The summed E-state index contributed by atoms with van der Waals surface area (Å²) in [6.07, 6.45) is 4.47. The number of nitrogens with zero attached hydrogens (tertiary/aromatic N) is 2. The van der Waals surface area contributed by atoms with Crippen LogP contribution in [0.5, 0.6) is 17.2 Å². The van der Waals surface area contributed by atoms with E-state index in [4.69, 9.17) is 9.47 Å². The Balaban J connectivity index is 1.86. The van der Waals surface area contributed by atoms with Crippen LogP contribution in [-0.2, 0) is 0 Å². The second-order valence-electron chi connectivity index (χ2n) is 6.89. The van der Waals surface area contributed by atoms with E-state index >= 15 is 0 Å². The molecule has 4 rings (SSSR count). The molecule has 0 unspecified atom stereocenters. The molecule has 1 fully saturated rings. The van der Waals surface area contributed by atoms with E-state index in [1.165, 1.54) is 38.8 Å². The Kier molecular flexibility index (Phi) is 4.67. The molecule has 2 aliphatic rings. The first kappa shape index (κ1) is 18.0. The molecule has 2 N–H and O–H groups in total. The van der Waals surface area contributed by atoms with Crippen molar-refractivity contribution < 1.29 is 14.6 Å². The summed E-state index contributed by atoms with van der Waals surface area (Å²) in [5, 5.41) is 13.9. The topological polar surface area (TPSA) is 88.8 Å². The van der Waals surface area contributed by atoms with E-state index in [2.05, 4.69) is 10.1 Å². The predicted molar refractivity (Wildman–Crippen MR) is 106 cm³/mol. The molecule has 0 radical (unpaired) electrons. The highest BCUT2D eigenvalue weighted by molar-refractivity contribution is 8.14. The summed E-state index contributed by atoms with van der Waals surface area (Å²) < 4.78 is 12.5. The van der Waals surface area contributed by atoms with Crippen LogP contribution in [-0.4, -0.2) is 34.2 Å². The maximum atomic E-state index is 12.8. The van der Waals surface area contributed by atoms with Crippen LogP contribution < -0.4 is 15.0 Å². The van der Waals surface area contributed by atoms with Crippen LogP contribution >= 0.6 is 11.8 Å². The van der Waals surface area contributed by atoms with Crippen LogP contribution in [0.4, 0.5) is 5.82 Å². The molecule has 2 heterocycles. The van der Waals surface area contributed by atoms with Crippen molar-refractivity contribution in [3.63, 3.8) is 0 Å². The molecule has 0 spiro atoms. The third-order valence-corrected chi connectivity index (χ3v) is 6.42. The van der Waals surface area contributed by atoms with Gasteiger partial charge in [0.05, 0.1) is 36.1 Å². The Labute approximate surface area is 161 Å². The zero-order chi connectivity index (χ0) is 19.1. The molecule has 2 aromatic rings. The fraction of sp³-hybridized carbons (Fsp3) is 0.474. The summed E-state index contributed by atoms with van der Waals surface area (Å²) in [4.78, 5) is 17.5. The maximum absolute atomic E-state index is 12.8. The zero-order valence-corrected chi connectivity index (χ0v) is 16.4. The average molecular weight is 389 g/mol. The second kappa shape index (κ2) is 6.99. The van der Waals surface area contributed by atoms with Gasteiger partial charge in [-0.25, -0.2) is 4.99 Å². The second-order valence-corrected chi connectivity index (χ2v) is 8.19. The van der Waals surface area contributed by atoms with Crippen LogP contribution in [0.1, 0.15) is 55.0 Å². The summed E-state index contributed by atoms with van der Waals surface area (Å²) in [5.41, 5.74) is 1.36. The zero-order valence-electron chi connectivity index (χ0n) is 15.6. The highest BCUT2D eigenvalue weighted by Gasteiger charge is 2.33. The number of thioether (sulfide) groups is 1. The predicted octanol–water partition coefficient (Wildman–Crippen LogP) is 3.90. The first-order chi connectivity index (χ1) is 13.0. The molecule has 1 aliphatic carbocycles. The molecule has 144 valence electrons. The molecule has 0 bridgehead atoms. The molecule has 0 saturated heterocycles. The van der Waals surface area contributed by atoms with E-state index in [9.17, 15) is 9.90 Å². The number of methoxy groups -OCH3 is 2. The Morgan fingerprint density at radius 1 is 1.22 bits per heavy atom. The smallest absolute Gasteiger partial charge is 0.271 e. The van der Waals surface area contributed by atoms with E-state index in [0.29, 0.717) is 23.1 Å². The Morgan fingerprint density at radius 2 is 1.85 bits per heavy atom. The number of nitrogens with one attached hydrogen (secondary N) is 1. The molecule has 0 amide bonds. The summed E-state index contributed by atoms with van der Waals surface area (Å²) >= 11 is 1.52. The number of H-pyrrole nitrogens is 1. The lowest BCUT2D eigenvalue weighted by Gasteiger charge is -2.23. The van der Waals surface area contributed by atoms with Crippen LogP contribution in [0.2, 0.25) is 0 Å². The van der Waals surface area contributed by atoms with E-state index in [1.807, 2.05) is 11.6 Å². The fourth-order valence-electron chi connectivity index (χ4n) is 3.94. The van der Waals surface area contributed by atoms with Crippen molar-refractivity contribution in [2.75, 3.05) is 14.2 Å². The summed E-state index contributed by atoms with van der Waals surface area (Å²) in [7, 11) is 2.99. The largest absolute Gasteiger partial charge is 0.502 e. The number of benzene rings is 1. The highest BCUT2D eigenvalue weighted by Crippen LogP contribution is 2.48. The van der Waals surface area contributed by atoms with E-state index in [0.717, 1.165) is 29.3 Å². The molecular weight excluding hydrogens is 366 g/mol. The van der Waals surface area contributed by atoms with Crippen LogP contribution in [0.25, 0.3) is 0 Å². The summed E-state index contributed by atoms with van der Waals surface area (Å²) in [6, 6.07) is 3.81. The number of ether oxygens (including phenoxy) is 2. The first-order valence-corrected chi connectivity index (χ1v) is 9.92. The monoisotopic (exact) mass is 389 g/mol. The molecule has 1 aromatic heterocycles. The van der Waals surface area contributed by atoms with Crippen LogP contribution in [0, 0.1) is 0 Å². The SMILES string of the molecule is COc1cc([C@@H]2SC(C)=Nc3c2c(=O)[nH]n3C2CCCC2)cc(OC)c1O. The molecule has 8 heteroatoms.